The SMILES string of the molecule is Cc1ccc([C@H](CNS(=O)(=O)Cc2ccccc2)N2CCOCC2)o1. The first-order valence-electron chi connectivity index (χ1n) is 8.43. The summed E-state index contributed by atoms with van der Waals surface area (Å²) >= 11 is 0. The molecule has 3 rings (SSSR count). The lowest BCUT2D eigenvalue weighted by atomic mass is 10.2. The predicted molar refractivity (Wildman–Crippen MR) is 95.6 cm³/mol. The Bertz CT molecular complexity index is 767. The van der Waals surface area contributed by atoms with Gasteiger partial charge < -0.3 is 9.15 Å². The third kappa shape index (κ3) is 5.15. The molecule has 0 radical (unpaired) electrons. The van der Waals surface area contributed by atoms with Crippen molar-refractivity contribution < 1.29 is 17.6 Å². The molecule has 136 valence electrons. The number of morpholine rings is 1. The van der Waals surface area contributed by atoms with Crippen molar-refractivity contribution in [2.24, 2.45) is 0 Å². The van der Waals surface area contributed by atoms with Crippen LogP contribution in [0, 0.1) is 6.92 Å². The minimum absolute atomic E-state index is 0.0269. The summed E-state index contributed by atoms with van der Waals surface area (Å²) in [7, 11) is -3.42. The van der Waals surface area contributed by atoms with Gasteiger partial charge in [0.2, 0.25) is 10.0 Å². The number of hydrogen-bond acceptors (Lipinski definition) is 5. The molecule has 1 fully saturated rings. The van der Waals surface area contributed by atoms with Crippen LogP contribution in [-0.4, -0.2) is 46.2 Å². The van der Waals surface area contributed by atoms with E-state index in [-0.39, 0.29) is 18.3 Å². The van der Waals surface area contributed by atoms with Crippen molar-refractivity contribution in [1.82, 2.24) is 9.62 Å². The molecule has 7 heteroatoms. The highest BCUT2D eigenvalue weighted by atomic mass is 32.2. The van der Waals surface area contributed by atoms with E-state index in [9.17, 15) is 8.42 Å². The van der Waals surface area contributed by atoms with E-state index in [0.29, 0.717) is 13.2 Å². The zero-order valence-corrected chi connectivity index (χ0v) is 15.2. The number of ether oxygens (including phenoxy) is 1. The minimum Gasteiger partial charge on any atom is -0.465 e. The number of benzene rings is 1. The highest BCUT2D eigenvalue weighted by molar-refractivity contribution is 7.88. The minimum atomic E-state index is -3.42. The zero-order valence-electron chi connectivity index (χ0n) is 14.3. The molecule has 1 aromatic heterocycles. The molecule has 1 aromatic carbocycles. The Morgan fingerprint density at radius 2 is 1.84 bits per heavy atom. The van der Waals surface area contributed by atoms with Gasteiger partial charge in [0.25, 0.3) is 0 Å². The van der Waals surface area contributed by atoms with Crippen molar-refractivity contribution in [3.63, 3.8) is 0 Å². The summed E-state index contributed by atoms with van der Waals surface area (Å²) in [6.07, 6.45) is 0. The van der Waals surface area contributed by atoms with Gasteiger partial charge in [0.1, 0.15) is 11.5 Å². The Morgan fingerprint density at radius 3 is 2.48 bits per heavy atom. The number of hydrogen-bond donors (Lipinski definition) is 1. The molecule has 0 saturated carbocycles. The maximum absolute atomic E-state index is 12.4. The fraction of sp³-hybridized carbons (Fsp3) is 0.444. The Morgan fingerprint density at radius 1 is 1.12 bits per heavy atom. The van der Waals surface area contributed by atoms with Gasteiger partial charge in [-0.05, 0) is 24.6 Å². The van der Waals surface area contributed by atoms with Crippen molar-refractivity contribution in [2.45, 2.75) is 18.7 Å². The number of rotatable bonds is 7. The van der Waals surface area contributed by atoms with Crippen LogP contribution >= 0.6 is 0 Å². The van der Waals surface area contributed by atoms with Gasteiger partial charge in [0, 0.05) is 19.6 Å². The molecule has 0 aliphatic carbocycles. The van der Waals surface area contributed by atoms with E-state index in [1.807, 2.05) is 49.4 Å². The smallest absolute Gasteiger partial charge is 0.215 e. The van der Waals surface area contributed by atoms with Crippen LogP contribution in [0.1, 0.15) is 23.1 Å². The molecule has 1 atom stereocenters. The summed E-state index contributed by atoms with van der Waals surface area (Å²) in [5, 5.41) is 0. The Balaban J connectivity index is 1.69. The summed E-state index contributed by atoms with van der Waals surface area (Å²) in [5.41, 5.74) is 0.770. The average molecular weight is 364 g/mol. The first kappa shape index (κ1) is 18.1. The summed E-state index contributed by atoms with van der Waals surface area (Å²) in [4.78, 5) is 2.20. The molecule has 0 spiro atoms. The van der Waals surface area contributed by atoms with Gasteiger partial charge >= 0.3 is 0 Å². The number of sulfonamides is 1. The van der Waals surface area contributed by atoms with E-state index in [1.54, 1.807) is 0 Å². The van der Waals surface area contributed by atoms with E-state index < -0.39 is 10.0 Å². The predicted octanol–water partition coefficient (Wildman–Crippen LogP) is 2.08. The number of furan rings is 1. The van der Waals surface area contributed by atoms with Crippen LogP contribution in [-0.2, 0) is 20.5 Å². The molecule has 2 heterocycles. The third-order valence-corrected chi connectivity index (χ3v) is 5.59. The van der Waals surface area contributed by atoms with Gasteiger partial charge in [0.05, 0.1) is 25.0 Å². The molecular formula is C18H24N2O4S. The molecule has 1 aliphatic heterocycles. The van der Waals surface area contributed by atoms with E-state index in [1.165, 1.54) is 0 Å². The van der Waals surface area contributed by atoms with Crippen LogP contribution < -0.4 is 4.72 Å². The van der Waals surface area contributed by atoms with E-state index in [2.05, 4.69) is 9.62 Å². The first-order chi connectivity index (χ1) is 12.0. The second kappa shape index (κ2) is 8.14. The molecule has 1 aliphatic rings. The first-order valence-corrected chi connectivity index (χ1v) is 10.1. The van der Waals surface area contributed by atoms with Gasteiger partial charge in [-0.1, -0.05) is 30.3 Å². The maximum Gasteiger partial charge on any atom is 0.215 e. The van der Waals surface area contributed by atoms with Crippen LogP contribution in [0.25, 0.3) is 0 Å². The van der Waals surface area contributed by atoms with Crippen molar-refractivity contribution in [2.75, 3.05) is 32.8 Å². The molecule has 1 N–H and O–H groups in total. The van der Waals surface area contributed by atoms with Crippen LogP contribution in [0.15, 0.2) is 46.9 Å². The quantitative estimate of drug-likeness (QED) is 0.814. The molecule has 25 heavy (non-hydrogen) atoms. The third-order valence-electron chi connectivity index (χ3n) is 4.27. The van der Waals surface area contributed by atoms with Gasteiger partial charge in [-0.25, -0.2) is 13.1 Å². The van der Waals surface area contributed by atoms with Crippen LogP contribution in [0.5, 0.6) is 0 Å². The van der Waals surface area contributed by atoms with E-state index in [4.69, 9.17) is 9.15 Å². The largest absolute Gasteiger partial charge is 0.465 e. The molecule has 2 aromatic rings. The van der Waals surface area contributed by atoms with Crippen molar-refractivity contribution in [3.8, 4) is 0 Å². The summed E-state index contributed by atoms with van der Waals surface area (Å²) in [6, 6.07) is 12.9. The molecule has 0 unspecified atom stereocenters. The second-order valence-electron chi connectivity index (χ2n) is 6.21. The molecule has 1 saturated heterocycles. The Labute approximate surface area is 148 Å². The van der Waals surface area contributed by atoms with Crippen LogP contribution in [0.2, 0.25) is 0 Å². The number of nitrogens with zero attached hydrogens (tertiary/aromatic N) is 1. The summed E-state index contributed by atoms with van der Waals surface area (Å²) < 4.78 is 38.8. The van der Waals surface area contributed by atoms with Crippen molar-refractivity contribution in [1.29, 1.82) is 0 Å². The molecule has 0 amide bonds. The fourth-order valence-corrected chi connectivity index (χ4v) is 4.13. The second-order valence-corrected chi connectivity index (χ2v) is 8.01. The molecular weight excluding hydrogens is 340 g/mol. The van der Waals surface area contributed by atoms with E-state index >= 15 is 0 Å². The monoisotopic (exact) mass is 364 g/mol. The van der Waals surface area contributed by atoms with Gasteiger partial charge in [-0.2, -0.15) is 0 Å². The highest BCUT2D eigenvalue weighted by Gasteiger charge is 2.26. The zero-order chi connectivity index (χ0) is 17.7. The maximum atomic E-state index is 12.4. The Kier molecular flexibility index (Phi) is 5.90. The average Bonchev–Trinajstić information content (AvgIpc) is 3.02. The molecule has 6 nitrogen and oxygen atoms in total. The van der Waals surface area contributed by atoms with Gasteiger partial charge in [-0.3, -0.25) is 4.90 Å². The molecule has 0 bridgehead atoms. The van der Waals surface area contributed by atoms with Gasteiger partial charge in [0.15, 0.2) is 0 Å². The lowest BCUT2D eigenvalue weighted by molar-refractivity contribution is 0.0127. The number of nitrogens with one attached hydrogen (secondary N) is 1. The standard InChI is InChI=1S/C18H24N2O4S/c1-15-7-8-18(24-15)17(20-9-11-23-12-10-20)13-19-25(21,22)14-16-5-3-2-4-6-16/h2-8,17,19H,9-14H2,1H3/t17-/m0/s1. The topological polar surface area (TPSA) is 71.8 Å². The fourth-order valence-electron chi connectivity index (χ4n) is 2.98. The van der Waals surface area contributed by atoms with Crippen molar-refractivity contribution >= 4 is 10.0 Å². The van der Waals surface area contributed by atoms with Gasteiger partial charge in [-0.15, -0.1) is 0 Å². The summed E-state index contributed by atoms with van der Waals surface area (Å²) in [5.74, 6) is 1.57. The normalized spacial score (nSPS) is 17.5. The lowest BCUT2D eigenvalue weighted by Gasteiger charge is -2.33. The van der Waals surface area contributed by atoms with Crippen LogP contribution in [0.3, 0.4) is 0 Å². The summed E-state index contributed by atoms with van der Waals surface area (Å²) in [6.45, 7) is 4.97. The highest BCUT2D eigenvalue weighted by Crippen LogP contribution is 2.23. The van der Waals surface area contributed by atoms with E-state index in [0.717, 1.165) is 30.2 Å². The van der Waals surface area contributed by atoms with Crippen molar-refractivity contribution in [3.05, 3.63) is 59.5 Å². The number of aryl methyl sites for hydroxylation is 1. The Hall–Kier alpha value is -1.67. The van der Waals surface area contributed by atoms with Crippen LogP contribution in [0.4, 0.5) is 0 Å². The lowest BCUT2D eigenvalue weighted by Crippen LogP contribution is -2.43.